The van der Waals surface area contributed by atoms with Crippen LogP contribution in [0.5, 0.6) is 5.75 Å². The molecule has 0 amide bonds. The summed E-state index contributed by atoms with van der Waals surface area (Å²) in [5, 5.41) is 4.85. The minimum absolute atomic E-state index is 0.583. The van der Waals surface area contributed by atoms with Crippen molar-refractivity contribution in [3.8, 4) is 5.75 Å². The monoisotopic (exact) mass is 266 g/mol. The Bertz CT molecular complexity index is 719. The number of ether oxygens (including phenoxy) is 2. The molecule has 0 atom stereocenters. The van der Waals surface area contributed by atoms with E-state index in [4.69, 9.17) is 9.47 Å². The van der Waals surface area contributed by atoms with Crippen LogP contribution in [-0.4, -0.2) is 19.8 Å². The van der Waals surface area contributed by atoms with E-state index in [1.807, 2.05) is 19.1 Å². The Kier molecular flexibility index (Phi) is 3.84. The van der Waals surface area contributed by atoms with Crippen LogP contribution in [0.1, 0.15) is 6.92 Å². The van der Waals surface area contributed by atoms with Crippen LogP contribution in [-0.2, 0) is 4.74 Å². The second kappa shape index (κ2) is 5.93. The van der Waals surface area contributed by atoms with E-state index in [0.717, 1.165) is 17.7 Å². The van der Waals surface area contributed by atoms with Gasteiger partial charge in [0.15, 0.2) is 0 Å². The van der Waals surface area contributed by atoms with Crippen LogP contribution in [0, 0.1) is 0 Å². The zero-order chi connectivity index (χ0) is 13.8. The van der Waals surface area contributed by atoms with E-state index in [9.17, 15) is 0 Å². The zero-order valence-corrected chi connectivity index (χ0v) is 11.6. The van der Waals surface area contributed by atoms with Gasteiger partial charge in [-0.2, -0.15) is 0 Å². The summed E-state index contributed by atoms with van der Waals surface area (Å²) in [4.78, 5) is 0. The van der Waals surface area contributed by atoms with Crippen molar-refractivity contribution in [2.24, 2.45) is 0 Å². The van der Waals surface area contributed by atoms with Gasteiger partial charge >= 0.3 is 0 Å². The van der Waals surface area contributed by atoms with Crippen molar-refractivity contribution in [3.05, 3.63) is 54.6 Å². The molecule has 0 aliphatic rings. The first-order valence-corrected chi connectivity index (χ1v) is 7.00. The average molecular weight is 266 g/mol. The molecule has 0 bridgehead atoms. The maximum absolute atomic E-state index is 5.85. The standard InChI is InChI=1S/C18H18O2/c1-2-19-10-11-20-18-9-5-8-16-12-14-6-3-4-7-15(14)13-17(16)18/h3-9,12-13H,2,10-11H2,1H3. The first-order valence-electron chi connectivity index (χ1n) is 7.00. The van der Waals surface area contributed by atoms with Crippen LogP contribution in [0.25, 0.3) is 21.5 Å². The van der Waals surface area contributed by atoms with Crippen molar-refractivity contribution in [1.29, 1.82) is 0 Å². The maximum Gasteiger partial charge on any atom is 0.127 e. The van der Waals surface area contributed by atoms with Crippen molar-refractivity contribution in [2.45, 2.75) is 6.92 Å². The third kappa shape index (κ3) is 2.61. The van der Waals surface area contributed by atoms with Gasteiger partial charge in [0.25, 0.3) is 0 Å². The molecule has 102 valence electrons. The summed E-state index contributed by atoms with van der Waals surface area (Å²) in [5.41, 5.74) is 0. The summed E-state index contributed by atoms with van der Waals surface area (Å²) < 4.78 is 11.2. The minimum atomic E-state index is 0.583. The van der Waals surface area contributed by atoms with Crippen LogP contribution in [0.2, 0.25) is 0 Å². The van der Waals surface area contributed by atoms with Gasteiger partial charge in [0, 0.05) is 12.0 Å². The Labute approximate surface area is 118 Å². The van der Waals surface area contributed by atoms with Crippen LogP contribution in [0.3, 0.4) is 0 Å². The van der Waals surface area contributed by atoms with E-state index in [0.29, 0.717) is 13.2 Å². The highest BCUT2D eigenvalue weighted by atomic mass is 16.5. The van der Waals surface area contributed by atoms with Crippen molar-refractivity contribution < 1.29 is 9.47 Å². The predicted octanol–water partition coefficient (Wildman–Crippen LogP) is 4.41. The molecule has 0 radical (unpaired) electrons. The fourth-order valence-corrected chi connectivity index (χ4v) is 2.42. The van der Waals surface area contributed by atoms with E-state index in [-0.39, 0.29) is 0 Å². The second-order valence-corrected chi connectivity index (χ2v) is 4.72. The second-order valence-electron chi connectivity index (χ2n) is 4.72. The van der Waals surface area contributed by atoms with Gasteiger partial charge in [-0.1, -0.05) is 36.4 Å². The first-order chi connectivity index (χ1) is 9.88. The van der Waals surface area contributed by atoms with Crippen LogP contribution in [0.4, 0.5) is 0 Å². The zero-order valence-electron chi connectivity index (χ0n) is 11.6. The van der Waals surface area contributed by atoms with E-state index in [1.54, 1.807) is 0 Å². The predicted molar refractivity (Wildman–Crippen MR) is 83.4 cm³/mol. The number of benzene rings is 3. The molecule has 0 spiro atoms. The molecule has 2 nitrogen and oxygen atoms in total. The largest absolute Gasteiger partial charge is 0.491 e. The van der Waals surface area contributed by atoms with Gasteiger partial charge in [-0.15, -0.1) is 0 Å². The lowest BCUT2D eigenvalue weighted by Gasteiger charge is -2.10. The van der Waals surface area contributed by atoms with Crippen LogP contribution in [0.15, 0.2) is 54.6 Å². The first kappa shape index (κ1) is 12.9. The molecule has 3 aromatic carbocycles. The highest BCUT2D eigenvalue weighted by Gasteiger charge is 2.04. The molecule has 0 aliphatic heterocycles. The fourth-order valence-electron chi connectivity index (χ4n) is 2.42. The molecular formula is C18H18O2. The molecule has 20 heavy (non-hydrogen) atoms. The molecule has 0 aromatic heterocycles. The summed E-state index contributed by atoms with van der Waals surface area (Å²) >= 11 is 0. The number of fused-ring (bicyclic) bond motifs is 2. The van der Waals surface area contributed by atoms with E-state index >= 15 is 0 Å². The Morgan fingerprint density at radius 2 is 1.55 bits per heavy atom. The van der Waals surface area contributed by atoms with Gasteiger partial charge in [-0.05, 0) is 41.3 Å². The van der Waals surface area contributed by atoms with Crippen LogP contribution < -0.4 is 4.74 Å². The van der Waals surface area contributed by atoms with Gasteiger partial charge in [-0.25, -0.2) is 0 Å². The smallest absolute Gasteiger partial charge is 0.127 e. The Morgan fingerprint density at radius 3 is 2.35 bits per heavy atom. The van der Waals surface area contributed by atoms with E-state index in [1.165, 1.54) is 16.2 Å². The van der Waals surface area contributed by atoms with Gasteiger partial charge in [0.2, 0.25) is 0 Å². The molecule has 0 N–H and O–H groups in total. The molecule has 0 unspecified atom stereocenters. The SMILES string of the molecule is CCOCCOc1cccc2cc3ccccc3cc12. The average Bonchev–Trinajstić information content (AvgIpc) is 2.50. The third-order valence-electron chi connectivity index (χ3n) is 3.40. The molecular weight excluding hydrogens is 248 g/mol. The van der Waals surface area contributed by atoms with E-state index in [2.05, 4.69) is 42.5 Å². The number of hydrogen-bond acceptors (Lipinski definition) is 2. The molecule has 0 aliphatic carbocycles. The summed E-state index contributed by atoms with van der Waals surface area (Å²) in [6.45, 7) is 3.92. The van der Waals surface area contributed by atoms with Crippen molar-refractivity contribution in [1.82, 2.24) is 0 Å². The third-order valence-corrected chi connectivity index (χ3v) is 3.40. The molecule has 2 heteroatoms. The van der Waals surface area contributed by atoms with E-state index < -0.39 is 0 Å². The lowest BCUT2D eigenvalue weighted by molar-refractivity contribution is 0.111. The fraction of sp³-hybridized carbons (Fsp3) is 0.222. The lowest BCUT2D eigenvalue weighted by Crippen LogP contribution is -2.06. The summed E-state index contributed by atoms with van der Waals surface area (Å²) in [6.07, 6.45) is 0. The van der Waals surface area contributed by atoms with Crippen LogP contribution >= 0.6 is 0 Å². The normalized spacial score (nSPS) is 11.1. The Morgan fingerprint density at radius 1 is 0.800 bits per heavy atom. The quantitative estimate of drug-likeness (QED) is 0.503. The molecule has 3 rings (SSSR count). The van der Waals surface area contributed by atoms with Gasteiger partial charge < -0.3 is 9.47 Å². The van der Waals surface area contributed by atoms with Gasteiger partial charge in [0.05, 0.1) is 6.61 Å². The Balaban J connectivity index is 1.97. The molecule has 3 aromatic rings. The van der Waals surface area contributed by atoms with Gasteiger partial charge in [-0.3, -0.25) is 0 Å². The summed E-state index contributed by atoms with van der Waals surface area (Å²) in [7, 11) is 0. The highest BCUT2D eigenvalue weighted by Crippen LogP contribution is 2.29. The molecule has 0 fully saturated rings. The number of rotatable bonds is 5. The molecule has 0 saturated heterocycles. The minimum Gasteiger partial charge on any atom is -0.491 e. The maximum atomic E-state index is 5.85. The van der Waals surface area contributed by atoms with Crippen molar-refractivity contribution >= 4 is 21.5 Å². The lowest BCUT2D eigenvalue weighted by atomic mass is 10.0. The Hall–Kier alpha value is -2.06. The number of hydrogen-bond donors (Lipinski definition) is 0. The highest BCUT2D eigenvalue weighted by molar-refractivity contribution is 6.00. The van der Waals surface area contributed by atoms with Gasteiger partial charge in [0.1, 0.15) is 12.4 Å². The van der Waals surface area contributed by atoms with Crippen molar-refractivity contribution in [2.75, 3.05) is 19.8 Å². The van der Waals surface area contributed by atoms with Crippen molar-refractivity contribution in [3.63, 3.8) is 0 Å². The summed E-state index contributed by atoms with van der Waals surface area (Å²) in [6, 6.07) is 19.0. The topological polar surface area (TPSA) is 18.5 Å². The molecule has 0 saturated carbocycles. The molecule has 0 heterocycles. The summed E-state index contributed by atoms with van der Waals surface area (Å²) in [5.74, 6) is 0.924.